The van der Waals surface area contributed by atoms with Gasteiger partial charge >= 0.3 is 5.69 Å². The third kappa shape index (κ3) is 2.87. The van der Waals surface area contributed by atoms with E-state index in [0.717, 1.165) is 22.5 Å². The fourth-order valence-electron chi connectivity index (χ4n) is 2.33. The van der Waals surface area contributed by atoms with E-state index in [0.29, 0.717) is 13.1 Å². The van der Waals surface area contributed by atoms with Crippen LogP contribution in [0.15, 0.2) is 18.2 Å². The fourth-order valence-corrected chi connectivity index (χ4v) is 2.33. The Hall–Kier alpha value is -2.41. The molecule has 0 atom stereocenters. The molecule has 0 fully saturated rings. The maximum atomic E-state index is 11.0. The summed E-state index contributed by atoms with van der Waals surface area (Å²) in [6, 6.07) is 4.91. The number of nitro groups is 1. The molecule has 7 heteroatoms. The van der Waals surface area contributed by atoms with Gasteiger partial charge in [-0.3, -0.25) is 14.8 Å². The van der Waals surface area contributed by atoms with E-state index in [4.69, 9.17) is 10.5 Å². The van der Waals surface area contributed by atoms with Crippen LogP contribution in [0.4, 0.5) is 5.69 Å². The first kappa shape index (κ1) is 15.0. The lowest BCUT2D eigenvalue weighted by Gasteiger charge is -2.07. The number of nitrogens with two attached hydrogens (primary N) is 1. The Morgan fingerprint density at radius 3 is 2.67 bits per heavy atom. The Labute approximate surface area is 122 Å². The van der Waals surface area contributed by atoms with Gasteiger partial charge in [-0.2, -0.15) is 5.10 Å². The van der Waals surface area contributed by atoms with E-state index < -0.39 is 4.92 Å². The molecule has 1 aromatic carbocycles. The van der Waals surface area contributed by atoms with E-state index in [9.17, 15) is 10.1 Å². The molecule has 0 unspecified atom stereocenters. The van der Waals surface area contributed by atoms with Crippen molar-refractivity contribution in [1.29, 1.82) is 0 Å². The van der Waals surface area contributed by atoms with E-state index in [-0.39, 0.29) is 11.4 Å². The molecule has 21 heavy (non-hydrogen) atoms. The molecule has 1 aromatic heterocycles. The van der Waals surface area contributed by atoms with Crippen molar-refractivity contribution in [3.63, 3.8) is 0 Å². The standard InChI is InChI=1S/C14H18N4O3/c1-9-12(7-15)10(2)17(16-9)8-11-4-5-14(21-3)13(6-11)18(19)20/h4-6H,7-8,15H2,1-3H3. The van der Waals surface area contributed by atoms with Crippen molar-refractivity contribution in [3.8, 4) is 5.75 Å². The van der Waals surface area contributed by atoms with Gasteiger partial charge in [-0.25, -0.2) is 0 Å². The van der Waals surface area contributed by atoms with Crippen molar-refractivity contribution in [2.24, 2.45) is 5.73 Å². The maximum Gasteiger partial charge on any atom is 0.311 e. The second-order valence-corrected chi connectivity index (χ2v) is 4.77. The molecule has 112 valence electrons. The van der Waals surface area contributed by atoms with E-state index in [1.165, 1.54) is 13.2 Å². The second-order valence-electron chi connectivity index (χ2n) is 4.77. The molecule has 2 rings (SSSR count). The number of hydrogen-bond donors (Lipinski definition) is 1. The average molecular weight is 290 g/mol. The molecule has 0 bridgehead atoms. The SMILES string of the molecule is COc1ccc(Cn2nc(C)c(CN)c2C)cc1[N+](=O)[O-]. The first-order valence-corrected chi connectivity index (χ1v) is 6.52. The minimum absolute atomic E-state index is 0.0458. The first-order valence-electron chi connectivity index (χ1n) is 6.52. The van der Waals surface area contributed by atoms with E-state index in [1.807, 2.05) is 18.5 Å². The molecule has 7 nitrogen and oxygen atoms in total. The highest BCUT2D eigenvalue weighted by Crippen LogP contribution is 2.28. The minimum Gasteiger partial charge on any atom is -0.490 e. The third-order valence-electron chi connectivity index (χ3n) is 3.51. The molecule has 0 aliphatic heterocycles. The van der Waals surface area contributed by atoms with E-state index >= 15 is 0 Å². The maximum absolute atomic E-state index is 11.0. The highest BCUT2D eigenvalue weighted by molar-refractivity contribution is 5.48. The number of aromatic nitrogens is 2. The molecule has 0 aliphatic carbocycles. The van der Waals surface area contributed by atoms with Crippen molar-refractivity contribution in [3.05, 3.63) is 50.8 Å². The van der Waals surface area contributed by atoms with Gasteiger partial charge in [-0.05, 0) is 25.5 Å². The molecule has 0 saturated carbocycles. The lowest BCUT2D eigenvalue weighted by Crippen LogP contribution is -2.06. The lowest BCUT2D eigenvalue weighted by molar-refractivity contribution is -0.385. The molecule has 0 radical (unpaired) electrons. The van der Waals surface area contributed by atoms with Crippen LogP contribution in [-0.2, 0) is 13.1 Å². The number of nitro benzene ring substituents is 1. The van der Waals surface area contributed by atoms with Gasteiger partial charge in [0.15, 0.2) is 5.75 Å². The summed E-state index contributed by atoms with van der Waals surface area (Å²) in [5.41, 5.74) is 9.32. The van der Waals surface area contributed by atoms with Gasteiger partial charge in [0.05, 0.1) is 24.3 Å². The Morgan fingerprint density at radius 2 is 2.14 bits per heavy atom. The highest BCUT2D eigenvalue weighted by Gasteiger charge is 2.16. The van der Waals surface area contributed by atoms with Crippen LogP contribution in [0.3, 0.4) is 0 Å². The van der Waals surface area contributed by atoms with Crippen LogP contribution in [-0.4, -0.2) is 21.8 Å². The van der Waals surface area contributed by atoms with Crippen molar-refractivity contribution < 1.29 is 9.66 Å². The van der Waals surface area contributed by atoms with Crippen LogP contribution >= 0.6 is 0 Å². The molecule has 0 amide bonds. The first-order chi connectivity index (χ1) is 9.97. The number of hydrogen-bond acceptors (Lipinski definition) is 5. The normalized spacial score (nSPS) is 10.7. The molecule has 0 spiro atoms. The van der Waals surface area contributed by atoms with Crippen molar-refractivity contribution >= 4 is 5.69 Å². The van der Waals surface area contributed by atoms with Crippen LogP contribution in [0, 0.1) is 24.0 Å². The summed E-state index contributed by atoms with van der Waals surface area (Å²) >= 11 is 0. The monoisotopic (exact) mass is 290 g/mol. The van der Waals surface area contributed by atoms with Crippen LogP contribution in [0.1, 0.15) is 22.5 Å². The molecule has 2 aromatic rings. The van der Waals surface area contributed by atoms with Gasteiger partial charge in [0, 0.05) is 23.9 Å². The van der Waals surface area contributed by atoms with Gasteiger partial charge in [-0.15, -0.1) is 0 Å². The number of benzene rings is 1. The number of ether oxygens (including phenoxy) is 1. The largest absolute Gasteiger partial charge is 0.490 e. The van der Waals surface area contributed by atoms with Gasteiger partial charge in [0.1, 0.15) is 0 Å². The van der Waals surface area contributed by atoms with E-state index in [1.54, 1.807) is 12.1 Å². The van der Waals surface area contributed by atoms with Crippen LogP contribution in [0.2, 0.25) is 0 Å². The lowest BCUT2D eigenvalue weighted by atomic mass is 10.1. The zero-order valence-electron chi connectivity index (χ0n) is 12.3. The van der Waals surface area contributed by atoms with Gasteiger partial charge in [-0.1, -0.05) is 6.07 Å². The average Bonchev–Trinajstić information content (AvgIpc) is 2.72. The number of rotatable bonds is 5. The third-order valence-corrected chi connectivity index (χ3v) is 3.51. The quantitative estimate of drug-likeness (QED) is 0.670. The molecule has 2 N–H and O–H groups in total. The summed E-state index contributed by atoms with van der Waals surface area (Å²) in [5.74, 6) is 0.250. The predicted octanol–water partition coefficient (Wildman–Crippen LogP) is 1.92. The number of nitrogens with zero attached hydrogens (tertiary/aromatic N) is 3. The van der Waals surface area contributed by atoms with E-state index in [2.05, 4.69) is 5.10 Å². The number of aryl methyl sites for hydroxylation is 1. The second kappa shape index (κ2) is 5.92. The van der Waals surface area contributed by atoms with Crippen molar-refractivity contribution in [2.45, 2.75) is 26.9 Å². The van der Waals surface area contributed by atoms with Gasteiger partial charge < -0.3 is 10.5 Å². The Kier molecular flexibility index (Phi) is 4.23. The molecule has 0 aliphatic rings. The van der Waals surface area contributed by atoms with Gasteiger partial charge in [0.2, 0.25) is 0 Å². The zero-order valence-corrected chi connectivity index (χ0v) is 12.3. The van der Waals surface area contributed by atoms with Gasteiger partial charge in [0.25, 0.3) is 0 Å². The Bertz CT molecular complexity index is 679. The summed E-state index contributed by atoms with van der Waals surface area (Å²) in [6.07, 6.45) is 0. The molecule has 0 saturated heterocycles. The molecule has 1 heterocycles. The summed E-state index contributed by atoms with van der Waals surface area (Å²) in [6.45, 7) is 4.74. The van der Waals surface area contributed by atoms with Crippen LogP contribution < -0.4 is 10.5 Å². The van der Waals surface area contributed by atoms with Crippen LogP contribution in [0.5, 0.6) is 5.75 Å². The smallest absolute Gasteiger partial charge is 0.311 e. The number of methoxy groups -OCH3 is 1. The minimum atomic E-state index is -0.450. The molecular weight excluding hydrogens is 272 g/mol. The van der Waals surface area contributed by atoms with Crippen molar-refractivity contribution in [2.75, 3.05) is 7.11 Å². The fraction of sp³-hybridized carbons (Fsp3) is 0.357. The summed E-state index contributed by atoms with van der Waals surface area (Å²) in [4.78, 5) is 10.6. The zero-order chi connectivity index (χ0) is 15.6. The summed E-state index contributed by atoms with van der Waals surface area (Å²) < 4.78 is 6.80. The Balaban J connectivity index is 2.36. The molecular formula is C14H18N4O3. The highest BCUT2D eigenvalue weighted by atomic mass is 16.6. The Morgan fingerprint density at radius 1 is 1.43 bits per heavy atom. The topological polar surface area (TPSA) is 96.2 Å². The summed E-state index contributed by atoms with van der Waals surface area (Å²) in [5, 5.41) is 15.5. The summed E-state index contributed by atoms with van der Waals surface area (Å²) in [7, 11) is 1.41. The predicted molar refractivity (Wildman–Crippen MR) is 78.3 cm³/mol. The van der Waals surface area contributed by atoms with Crippen LogP contribution in [0.25, 0.3) is 0 Å². The van der Waals surface area contributed by atoms with Crippen molar-refractivity contribution in [1.82, 2.24) is 9.78 Å².